The zero-order chi connectivity index (χ0) is 34.2. The largest absolute Gasteiger partial charge is 0.504 e. The Bertz CT molecular complexity index is 1970. The Balaban J connectivity index is 1.33. The van der Waals surface area contributed by atoms with E-state index in [1.54, 1.807) is 16.4 Å². The molecule has 6 rings (SSSR count). The first-order valence-electron chi connectivity index (χ1n) is 15.0. The van der Waals surface area contributed by atoms with Crippen molar-refractivity contribution in [3.8, 4) is 5.75 Å². The number of aromatic nitrogens is 8. The van der Waals surface area contributed by atoms with Crippen LogP contribution in [0.4, 0.5) is 24.7 Å². The van der Waals surface area contributed by atoms with Crippen LogP contribution in [0, 0.1) is 6.92 Å². The van der Waals surface area contributed by atoms with Gasteiger partial charge in [-0.1, -0.05) is 13.0 Å². The van der Waals surface area contributed by atoms with Crippen molar-refractivity contribution in [1.29, 1.82) is 0 Å². The maximum Gasteiger partial charge on any atom is 0.435 e. The molecule has 0 saturated carbocycles. The number of carbonyl (C=O) groups excluding carboxylic acids is 2. The zero-order valence-electron chi connectivity index (χ0n) is 25.9. The number of nitrogens with zero attached hydrogens (tertiary/aromatic N) is 10. The molecule has 2 aliphatic heterocycles. The number of carbonyl (C=O) groups is 2. The van der Waals surface area contributed by atoms with Gasteiger partial charge in [-0.3, -0.25) is 14.4 Å². The molecule has 0 atom stereocenters. The van der Waals surface area contributed by atoms with Crippen LogP contribution in [0.5, 0.6) is 5.75 Å². The number of nitrogens with one attached hydrogen (secondary N) is 1. The SMILES string of the molecule is CCc1c(N2CCN(C(=O)c3ncnc(C)c3O)CC2)c(=O)n2nc(C3=CCOCC3)nc2n1CC(=O)Nc1ccc(C(F)(F)F)nn1. The normalized spacial score (nSPS) is 15.5. The average molecular weight is 670 g/mol. The number of alkyl halides is 3. The Morgan fingerprint density at radius 1 is 1.10 bits per heavy atom. The minimum atomic E-state index is -4.69. The molecule has 0 unspecified atom stereocenters. The van der Waals surface area contributed by atoms with E-state index in [1.807, 2.05) is 13.0 Å². The second-order valence-electron chi connectivity index (χ2n) is 11.0. The standard InChI is InChI=1S/C29H30F3N11O5/c1-3-18-23(40-8-10-41(11-9-40)26(46)22-24(45)16(2)33-15-34-22)27(47)43-28(36-25(39-43)17-6-12-48-13-7-17)42(18)14-21(44)35-20-5-4-19(37-38-20)29(30,31)32/h4-6,15,45H,3,7-14H2,1-2H3,(H,35,38,44). The average Bonchev–Trinajstić information content (AvgIpc) is 3.53. The van der Waals surface area contributed by atoms with Crippen LogP contribution in [-0.4, -0.2) is 101 Å². The predicted octanol–water partition coefficient (Wildman–Crippen LogP) is 1.47. The van der Waals surface area contributed by atoms with Gasteiger partial charge in [-0.25, -0.2) is 9.97 Å². The lowest BCUT2D eigenvalue weighted by Gasteiger charge is -2.36. The molecule has 16 nitrogen and oxygen atoms in total. The van der Waals surface area contributed by atoms with Crippen LogP contribution in [-0.2, 0) is 28.7 Å². The van der Waals surface area contributed by atoms with Crippen molar-refractivity contribution in [2.75, 3.05) is 49.6 Å². The Hall–Kier alpha value is -5.46. The summed E-state index contributed by atoms with van der Waals surface area (Å²) in [7, 11) is 0. The Labute approximate surface area is 269 Å². The number of fused-ring (bicyclic) bond motifs is 1. The van der Waals surface area contributed by atoms with Crippen molar-refractivity contribution < 1.29 is 32.6 Å². The summed E-state index contributed by atoms with van der Waals surface area (Å²) in [4.78, 5) is 56.3. The second-order valence-corrected chi connectivity index (χ2v) is 11.0. The van der Waals surface area contributed by atoms with Crippen molar-refractivity contribution in [3.63, 3.8) is 0 Å². The summed E-state index contributed by atoms with van der Waals surface area (Å²) >= 11 is 0. The summed E-state index contributed by atoms with van der Waals surface area (Å²) in [5.74, 6) is -1.22. The van der Waals surface area contributed by atoms with Gasteiger partial charge in [0, 0.05) is 26.2 Å². The smallest absolute Gasteiger partial charge is 0.435 e. The number of piperazine rings is 1. The fourth-order valence-corrected chi connectivity index (χ4v) is 5.58. The van der Waals surface area contributed by atoms with Crippen molar-refractivity contribution in [3.05, 3.63) is 63.5 Å². The van der Waals surface area contributed by atoms with E-state index >= 15 is 0 Å². The van der Waals surface area contributed by atoms with Gasteiger partial charge in [-0.15, -0.1) is 15.3 Å². The van der Waals surface area contributed by atoms with E-state index in [0.29, 0.717) is 43.6 Å². The van der Waals surface area contributed by atoms with E-state index in [4.69, 9.17) is 4.74 Å². The van der Waals surface area contributed by atoms with Crippen LogP contribution < -0.4 is 15.8 Å². The quantitative estimate of drug-likeness (QED) is 0.289. The summed E-state index contributed by atoms with van der Waals surface area (Å²) in [6.45, 7) is 4.66. The Kier molecular flexibility index (Phi) is 8.78. The van der Waals surface area contributed by atoms with Crippen LogP contribution >= 0.6 is 0 Å². The number of aromatic hydroxyl groups is 1. The van der Waals surface area contributed by atoms with Crippen LogP contribution in [0.2, 0.25) is 0 Å². The van der Waals surface area contributed by atoms with Crippen molar-refractivity contribution in [2.24, 2.45) is 0 Å². The number of amides is 2. The van der Waals surface area contributed by atoms with E-state index in [2.05, 4.69) is 35.6 Å². The highest BCUT2D eigenvalue weighted by Gasteiger charge is 2.33. The van der Waals surface area contributed by atoms with Crippen LogP contribution in [0.15, 0.2) is 29.3 Å². The second kappa shape index (κ2) is 13.0. The first kappa shape index (κ1) is 32.5. The Morgan fingerprint density at radius 2 is 1.88 bits per heavy atom. The molecule has 0 spiro atoms. The summed E-state index contributed by atoms with van der Waals surface area (Å²) in [5, 5.41) is 23.9. The molecule has 6 heterocycles. The third-order valence-corrected chi connectivity index (χ3v) is 8.03. The van der Waals surface area contributed by atoms with Crippen molar-refractivity contribution in [2.45, 2.75) is 39.4 Å². The number of aryl methyl sites for hydroxylation is 1. The lowest BCUT2D eigenvalue weighted by Crippen LogP contribution is -2.51. The van der Waals surface area contributed by atoms with Gasteiger partial charge in [0.25, 0.3) is 11.5 Å². The molecule has 1 fully saturated rings. The molecule has 0 bridgehead atoms. The lowest BCUT2D eigenvalue weighted by molar-refractivity contribution is -0.141. The summed E-state index contributed by atoms with van der Waals surface area (Å²) in [6, 6.07) is 1.71. The summed E-state index contributed by atoms with van der Waals surface area (Å²) < 4.78 is 46.9. The number of anilines is 2. The van der Waals surface area contributed by atoms with Gasteiger partial charge in [-0.2, -0.15) is 22.7 Å². The number of hydrogen-bond acceptors (Lipinski definition) is 12. The van der Waals surface area contributed by atoms with Crippen molar-refractivity contribution in [1.82, 2.24) is 44.2 Å². The highest BCUT2D eigenvalue weighted by molar-refractivity contribution is 5.95. The minimum absolute atomic E-state index is 0.0973. The first-order chi connectivity index (χ1) is 23.0. The molecule has 19 heteroatoms. The molecule has 0 radical (unpaired) electrons. The van der Waals surface area contributed by atoms with Crippen LogP contribution in [0.3, 0.4) is 0 Å². The van der Waals surface area contributed by atoms with E-state index in [-0.39, 0.29) is 67.1 Å². The number of hydrogen-bond donors (Lipinski definition) is 2. The third kappa shape index (κ3) is 6.27. The monoisotopic (exact) mass is 669 g/mol. The molecule has 2 N–H and O–H groups in total. The van der Waals surface area contributed by atoms with Crippen molar-refractivity contribution >= 4 is 34.7 Å². The number of halogens is 3. The highest BCUT2D eigenvalue weighted by Crippen LogP contribution is 2.28. The van der Waals surface area contributed by atoms with E-state index in [1.165, 1.54) is 11.2 Å². The molecule has 1 saturated heterocycles. The molecule has 4 aromatic heterocycles. The molecule has 0 aromatic carbocycles. The van der Waals surface area contributed by atoms with Gasteiger partial charge in [0.2, 0.25) is 11.7 Å². The highest BCUT2D eigenvalue weighted by atomic mass is 19.4. The lowest BCUT2D eigenvalue weighted by atomic mass is 10.1. The maximum absolute atomic E-state index is 14.1. The maximum atomic E-state index is 14.1. The third-order valence-electron chi connectivity index (χ3n) is 8.03. The fourth-order valence-electron chi connectivity index (χ4n) is 5.58. The van der Waals surface area contributed by atoms with E-state index in [0.717, 1.165) is 16.2 Å². The molecule has 2 amide bonds. The molecule has 4 aromatic rings. The zero-order valence-corrected chi connectivity index (χ0v) is 25.9. The van der Waals surface area contributed by atoms with Gasteiger partial charge in [-0.05, 0) is 37.5 Å². The number of rotatable bonds is 7. The molecule has 0 aliphatic carbocycles. The van der Waals surface area contributed by atoms with E-state index in [9.17, 15) is 32.7 Å². The van der Waals surface area contributed by atoms with Gasteiger partial charge in [0.15, 0.2) is 28.8 Å². The number of ether oxygens (including phenoxy) is 1. The molecular weight excluding hydrogens is 639 g/mol. The van der Waals surface area contributed by atoms with Crippen LogP contribution in [0.1, 0.15) is 46.7 Å². The van der Waals surface area contributed by atoms with Gasteiger partial charge < -0.3 is 29.5 Å². The van der Waals surface area contributed by atoms with E-state index < -0.39 is 29.2 Å². The van der Waals surface area contributed by atoms with Gasteiger partial charge in [0.05, 0.1) is 24.6 Å². The Morgan fingerprint density at radius 3 is 2.52 bits per heavy atom. The predicted molar refractivity (Wildman–Crippen MR) is 162 cm³/mol. The molecule has 48 heavy (non-hydrogen) atoms. The first-order valence-corrected chi connectivity index (χ1v) is 15.0. The molecule has 2 aliphatic rings. The summed E-state index contributed by atoms with van der Waals surface area (Å²) in [6.07, 6.45) is -0.863. The van der Waals surface area contributed by atoms with Gasteiger partial charge >= 0.3 is 6.18 Å². The fraction of sp³-hybridized carbons (Fsp3) is 0.414. The van der Waals surface area contributed by atoms with Crippen LogP contribution in [0.25, 0.3) is 11.4 Å². The topological polar surface area (TPSA) is 186 Å². The molecular formula is C29H30F3N11O5. The molecule has 252 valence electrons. The minimum Gasteiger partial charge on any atom is -0.504 e. The van der Waals surface area contributed by atoms with Gasteiger partial charge in [0.1, 0.15) is 18.6 Å². The summed E-state index contributed by atoms with van der Waals surface area (Å²) in [5.41, 5.74) is -0.0218.